The van der Waals surface area contributed by atoms with Crippen molar-refractivity contribution in [1.29, 1.82) is 0 Å². The Labute approximate surface area is 143 Å². The predicted octanol–water partition coefficient (Wildman–Crippen LogP) is 1.32. The second kappa shape index (κ2) is 8.68. The van der Waals surface area contributed by atoms with Gasteiger partial charge in [0.1, 0.15) is 11.8 Å². The Bertz CT molecular complexity index is 551. The highest BCUT2D eigenvalue weighted by atomic mass is 16.5. The Morgan fingerprint density at radius 1 is 1.25 bits per heavy atom. The van der Waals surface area contributed by atoms with Gasteiger partial charge in [-0.2, -0.15) is 0 Å². The normalized spacial score (nSPS) is 18.8. The minimum atomic E-state index is -0.554. The largest absolute Gasteiger partial charge is 0.497 e. The number of carbonyl (C=O) groups excluding carboxylic acids is 2. The lowest BCUT2D eigenvalue weighted by atomic mass is 10.0. The molecule has 2 amide bonds. The average molecular weight is 333 g/mol. The third kappa shape index (κ3) is 4.96. The minimum Gasteiger partial charge on any atom is -0.497 e. The summed E-state index contributed by atoms with van der Waals surface area (Å²) in [5, 5.41) is 9.16. The van der Waals surface area contributed by atoms with Crippen LogP contribution in [0, 0.1) is 5.92 Å². The van der Waals surface area contributed by atoms with Crippen molar-refractivity contribution in [3.8, 4) is 5.75 Å². The number of nitrogens with one attached hydrogen (secondary N) is 3. The lowest BCUT2D eigenvalue weighted by Crippen LogP contribution is -2.54. The third-order valence-electron chi connectivity index (χ3n) is 4.23. The van der Waals surface area contributed by atoms with Crippen LogP contribution in [0.5, 0.6) is 5.75 Å². The summed E-state index contributed by atoms with van der Waals surface area (Å²) < 4.78 is 5.09. The van der Waals surface area contributed by atoms with Crippen molar-refractivity contribution in [1.82, 2.24) is 16.0 Å². The van der Waals surface area contributed by atoms with E-state index in [1.54, 1.807) is 31.4 Å². The Hall–Kier alpha value is -2.08. The zero-order chi connectivity index (χ0) is 17.5. The molecule has 1 heterocycles. The molecule has 0 spiro atoms. The van der Waals surface area contributed by atoms with Gasteiger partial charge in [-0.15, -0.1) is 0 Å². The van der Waals surface area contributed by atoms with E-state index in [1.165, 1.54) is 0 Å². The first-order valence-electron chi connectivity index (χ1n) is 8.47. The fourth-order valence-corrected chi connectivity index (χ4v) is 2.77. The maximum atomic E-state index is 12.5. The van der Waals surface area contributed by atoms with Gasteiger partial charge in [0, 0.05) is 18.2 Å². The summed E-state index contributed by atoms with van der Waals surface area (Å²) in [5.41, 5.74) is 0.508. The van der Waals surface area contributed by atoms with Crippen molar-refractivity contribution in [2.24, 2.45) is 5.92 Å². The zero-order valence-electron chi connectivity index (χ0n) is 14.6. The van der Waals surface area contributed by atoms with Crippen LogP contribution in [0.3, 0.4) is 0 Å². The van der Waals surface area contributed by atoms with Gasteiger partial charge in [0.15, 0.2) is 0 Å². The van der Waals surface area contributed by atoms with E-state index in [-0.39, 0.29) is 23.8 Å². The molecule has 2 atom stereocenters. The van der Waals surface area contributed by atoms with Gasteiger partial charge in [0.25, 0.3) is 5.91 Å². The van der Waals surface area contributed by atoms with Crippen LogP contribution in [0.2, 0.25) is 0 Å². The van der Waals surface area contributed by atoms with E-state index in [0.717, 1.165) is 25.9 Å². The van der Waals surface area contributed by atoms with Crippen LogP contribution in [0.1, 0.15) is 37.0 Å². The molecule has 0 bridgehead atoms. The number of amides is 2. The van der Waals surface area contributed by atoms with E-state index < -0.39 is 6.04 Å². The first-order valence-corrected chi connectivity index (χ1v) is 8.47. The molecule has 6 nitrogen and oxygen atoms in total. The molecule has 2 unspecified atom stereocenters. The second-order valence-corrected chi connectivity index (χ2v) is 6.48. The highest BCUT2D eigenvalue weighted by molar-refractivity contribution is 5.97. The van der Waals surface area contributed by atoms with Crippen molar-refractivity contribution in [3.05, 3.63) is 29.8 Å². The lowest BCUT2D eigenvalue weighted by molar-refractivity contribution is -0.124. The van der Waals surface area contributed by atoms with Crippen LogP contribution >= 0.6 is 0 Å². The highest BCUT2D eigenvalue weighted by Gasteiger charge is 2.27. The smallest absolute Gasteiger partial charge is 0.251 e. The monoisotopic (exact) mass is 333 g/mol. The lowest BCUT2D eigenvalue weighted by Gasteiger charge is -2.28. The van der Waals surface area contributed by atoms with E-state index in [4.69, 9.17) is 4.74 Å². The molecule has 24 heavy (non-hydrogen) atoms. The molecular formula is C18H27N3O3. The standard InChI is InChI=1S/C18H27N3O3/c1-12(2)16(18(23)20-14-5-4-10-19-11-14)21-17(22)13-6-8-15(24-3)9-7-13/h6-9,12,14,16,19H,4-5,10-11H2,1-3H3,(H,20,23)(H,21,22). The molecule has 1 fully saturated rings. The molecule has 1 aliphatic heterocycles. The number of benzene rings is 1. The molecule has 0 aromatic heterocycles. The van der Waals surface area contributed by atoms with Crippen LogP contribution in [0.4, 0.5) is 0 Å². The number of piperidine rings is 1. The molecule has 0 saturated carbocycles. The van der Waals surface area contributed by atoms with E-state index in [9.17, 15) is 9.59 Å². The minimum absolute atomic E-state index is 0.00347. The molecule has 1 aromatic carbocycles. The van der Waals surface area contributed by atoms with E-state index in [0.29, 0.717) is 11.3 Å². The maximum absolute atomic E-state index is 12.5. The number of ether oxygens (including phenoxy) is 1. The molecule has 6 heteroatoms. The Kier molecular flexibility index (Phi) is 6.61. The van der Waals surface area contributed by atoms with Crippen molar-refractivity contribution in [2.75, 3.05) is 20.2 Å². The summed E-state index contributed by atoms with van der Waals surface area (Å²) in [6.07, 6.45) is 2.02. The quantitative estimate of drug-likeness (QED) is 0.733. The average Bonchev–Trinajstić information content (AvgIpc) is 2.60. The topological polar surface area (TPSA) is 79.5 Å². The zero-order valence-corrected chi connectivity index (χ0v) is 14.6. The fourth-order valence-electron chi connectivity index (χ4n) is 2.77. The maximum Gasteiger partial charge on any atom is 0.251 e. The van der Waals surface area contributed by atoms with E-state index in [2.05, 4.69) is 16.0 Å². The fraction of sp³-hybridized carbons (Fsp3) is 0.556. The third-order valence-corrected chi connectivity index (χ3v) is 4.23. The van der Waals surface area contributed by atoms with Crippen LogP contribution in [-0.2, 0) is 4.79 Å². The summed E-state index contributed by atoms with van der Waals surface area (Å²) in [6.45, 7) is 5.63. The number of hydrogen-bond acceptors (Lipinski definition) is 4. The summed E-state index contributed by atoms with van der Waals surface area (Å²) in [7, 11) is 1.58. The van der Waals surface area contributed by atoms with Crippen LogP contribution < -0.4 is 20.7 Å². The van der Waals surface area contributed by atoms with Crippen LogP contribution in [0.15, 0.2) is 24.3 Å². The number of carbonyl (C=O) groups is 2. The van der Waals surface area contributed by atoms with Gasteiger partial charge >= 0.3 is 0 Å². The van der Waals surface area contributed by atoms with Crippen molar-refractivity contribution < 1.29 is 14.3 Å². The molecule has 1 aromatic rings. The van der Waals surface area contributed by atoms with Crippen molar-refractivity contribution in [2.45, 2.75) is 38.8 Å². The summed E-state index contributed by atoms with van der Waals surface area (Å²) in [4.78, 5) is 25.0. The van der Waals surface area contributed by atoms with Gasteiger partial charge in [0.05, 0.1) is 7.11 Å². The molecule has 0 aliphatic carbocycles. The molecular weight excluding hydrogens is 306 g/mol. The Morgan fingerprint density at radius 2 is 1.96 bits per heavy atom. The summed E-state index contributed by atoms with van der Waals surface area (Å²) in [5.74, 6) is 0.312. The molecule has 1 saturated heterocycles. The highest BCUT2D eigenvalue weighted by Crippen LogP contribution is 2.12. The van der Waals surface area contributed by atoms with E-state index in [1.807, 2.05) is 13.8 Å². The van der Waals surface area contributed by atoms with Crippen LogP contribution in [0.25, 0.3) is 0 Å². The first kappa shape index (κ1) is 18.3. The first-order chi connectivity index (χ1) is 11.5. The van der Waals surface area contributed by atoms with Gasteiger partial charge in [-0.25, -0.2) is 0 Å². The summed E-state index contributed by atoms with van der Waals surface area (Å²) in [6, 6.07) is 6.41. The molecule has 0 radical (unpaired) electrons. The number of methoxy groups -OCH3 is 1. The Balaban J connectivity index is 1.98. The molecule has 3 N–H and O–H groups in total. The van der Waals surface area contributed by atoms with Crippen LogP contribution in [-0.4, -0.2) is 44.1 Å². The Morgan fingerprint density at radius 3 is 2.50 bits per heavy atom. The number of rotatable bonds is 6. The molecule has 2 rings (SSSR count). The van der Waals surface area contributed by atoms with Gasteiger partial charge in [-0.1, -0.05) is 13.8 Å². The summed E-state index contributed by atoms with van der Waals surface area (Å²) >= 11 is 0. The van der Waals surface area contributed by atoms with Gasteiger partial charge in [-0.3, -0.25) is 9.59 Å². The predicted molar refractivity (Wildman–Crippen MR) is 93.1 cm³/mol. The van der Waals surface area contributed by atoms with Gasteiger partial charge in [0.2, 0.25) is 5.91 Å². The van der Waals surface area contributed by atoms with Gasteiger partial charge < -0.3 is 20.7 Å². The SMILES string of the molecule is COc1ccc(C(=O)NC(C(=O)NC2CCCNC2)C(C)C)cc1. The van der Waals surface area contributed by atoms with Crippen molar-refractivity contribution in [3.63, 3.8) is 0 Å². The molecule has 132 valence electrons. The second-order valence-electron chi connectivity index (χ2n) is 6.48. The molecule has 1 aliphatic rings. The van der Waals surface area contributed by atoms with Gasteiger partial charge in [-0.05, 0) is 49.6 Å². The van der Waals surface area contributed by atoms with Crippen molar-refractivity contribution >= 4 is 11.8 Å². The number of hydrogen-bond donors (Lipinski definition) is 3. The van der Waals surface area contributed by atoms with E-state index >= 15 is 0 Å².